The number of sulfonamides is 1. The minimum absolute atomic E-state index is 0.0694. The molecule has 208 valence electrons. The molecule has 1 atom stereocenters. The molecule has 3 aromatic rings. The highest BCUT2D eigenvalue weighted by Crippen LogP contribution is 2.22. The first kappa shape index (κ1) is 30.2. The van der Waals surface area contributed by atoms with E-state index in [1.807, 2.05) is 64.1 Å². The molecule has 0 saturated heterocycles. The van der Waals surface area contributed by atoms with Crippen molar-refractivity contribution in [1.82, 2.24) is 10.2 Å². The second kappa shape index (κ2) is 12.7. The van der Waals surface area contributed by atoms with Crippen LogP contribution >= 0.6 is 11.6 Å². The summed E-state index contributed by atoms with van der Waals surface area (Å²) in [6.07, 6.45) is 1.31. The zero-order valence-corrected chi connectivity index (χ0v) is 24.6. The van der Waals surface area contributed by atoms with Crippen LogP contribution in [0, 0.1) is 6.92 Å². The molecule has 0 radical (unpaired) electrons. The third kappa shape index (κ3) is 9.11. The molecule has 1 unspecified atom stereocenters. The van der Waals surface area contributed by atoms with Crippen molar-refractivity contribution in [3.63, 3.8) is 0 Å². The van der Waals surface area contributed by atoms with Gasteiger partial charge in [-0.15, -0.1) is 0 Å². The summed E-state index contributed by atoms with van der Waals surface area (Å²) in [4.78, 5) is 29.2. The molecule has 7 nitrogen and oxygen atoms in total. The van der Waals surface area contributed by atoms with Crippen molar-refractivity contribution in [3.05, 3.63) is 101 Å². The van der Waals surface area contributed by atoms with E-state index in [4.69, 9.17) is 11.6 Å². The molecule has 0 aromatic heterocycles. The van der Waals surface area contributed by atoms with Crippen LogP contribution in [-0.4, -0.2) is 49.5 Å². The lowest BCUT2D eigenvalue weighted by atomic mass is 10.0. The van der Waals surface area contributed by atoms with Crippen LogP contribution in [0.15, 0.2) is 78.9 Å². The van der Waals surface area contributed by atoms with Gasteiger partial charge in [0.1, 0.15) is 12.6 Å². The predicted octanol–water partition coefficient (Wildman–Crippen LogP) is 4.97. The Morgan fingerprint density at radius 3 is 2.10 bits per heavy atom. The molecular formula is C30H36ClN3O4S. The fourth-order valence-electron chi connectivity index (χ4n) is 4.16. The molecule has 3 aromatic carbocycles. The highest BCUT2D eigenvalue weighted by Gasteiger charge is 2.34. The number of nitrogens with zero attached hydrogens (tertiary/aromatic N) is 2. The third-order valence-corrected chi connectivity index (χ3v) is 7.39. The van der Waals surface area contributed by atoms with Crippen LogP contribution in [0.4, 0.5) is 5.69 Å². The summed E-state index contributed by atoms with van der Waals surface area (Å²) in [5, 5.41) is 3.50. The Bertz CT molecular complexity index is 1390. The number of carbonyl (C=O) groups is 2. The van der Waals surface area contributed by atoms with Gasteiger partial charge in [-0.2, -0.15) is 0 Å². The molecule has 0 saturated carbocycles. The normalized spacial score (nSPS) is 12.5. The number of hydrogen-bond donors (Lipinski definition) is 1. The molecule has 1 N–H and O–H groups in total. The SMILES string of the molecule is Cc1ccc(N(CC(=O)N(Cc2cccc(Cl)c2)C(Cc2ccccc2)C(=O)NC(C)(C)C)S(C)(=O)=O)cc1. The zero-order valence-electron chi connectivity index (χ0n) is 23.0. The van der Waals surface area contributed by atoms with Gasteiger partial charge < -0.3 is 10.2 Å². The monoisotopic (exact) mass is 569 g/mol. The first-order valence-electron chi connectivity index (χ1n) is 12.7. The lowest BCUT2D eigenvalue weighted by Gasteiger charge is -2.35. The van der Waals surface area contributed by atoms with Crippen molar-refractivity contribution in [2.24, 2.45) is 0 Å². The first-order chi connectivity index (χ1) is 18.2. The van der Waals surface area contributed by atoms with Crippen LogP contribution in [0.5, 0.6) is 0 Å². The Morgan fingerprint density at radius 2 is 1.54 bits per heavy atom. The van der Waals surface area contributed by atoms with Gasteiger partial charge in [0, 0.05) is 23.5 Å². The molecule has 0 aliphatic carbocycles. The molecule has 0 fully saturated rings. The van der Waals surface area contributed by atoms with Crippen molar-refractivity contribution in [2.75, 3.05) is 17.1 Å². The zero-order chi connectivity index (χ0) is 28.8. The van der Waals surface area contributed by atoms with Crippen LogP contribution in [-0.2, 0) is 32.6 Å². The topological polar surface area (TPSA) is 86.8 Å². The van der Waals surface area contributed by atoms with Gasteiger partial charge in [0.15, 0.2) is 0 Å². The van der Waals surface area contributed by atoms with E-state index in [1.54, 1.807) is 42.5 Å². The Kier molecular flexibility index (Phi) is 9.80. The van der Waals surface area contributed by atoms with Crippen molar-refractivity contribution in [1.29, 1.82) is 0 Å². The van der Waals surface area contributed by atoms with E-state index in [2.05, 4.69) is 5.32 Å². The minimum atomic E-state index is -3.81. The quantitative estimate of drug-likeness (QED) is 0.373. The van der Waals surface area contributed by atoms with E-state index in [-0.39, 0.29) is 18.9 Å². The van der Waals surface area contributed by atoms with E-state index in [9.17, 15) is 18.0 Å². The number of rotatable bonds is 10. The molecule has 3 rings (SSSR count). The van der Waals surface area contributed by atoms with Crippen LogP contribution < -0.4 is 9.62 Å². The molecule has 0 spiro atoms. The van der Waals surface area contributed by atoms with Gasteiger partial charge in [0.05, 0.1) is 11.9 Å². The lowest BCUT2D eigenvalue weighted by Crippen LogP contribution is -2.56. The number of nitrogens with one attached hydrogen (secondary N) is 1. The number of aryl methyl sites for hydroxylation is 1. The number of amides is 2. The van der Waals surface area contributed by atoms with Gasteiger partial charge >= 0.3 is 0 Å². The summed E-state index contributed by atoms with van der Waals surface area (Å²) in [7, 11) is -3.81. The number of halogens is 1. The van der Waals surface area contributed by atoms with Crippen molar-refractivity contribution in [2.45, 2.75) is 52.2 Å². The maximum atomic E-state index is 14.0. The molecule has 9 heteroatoms. The Hall–Kier alpha value is -3.36. The summed E-state index contributed by atoms with van der Waals surface area (Å²) in [5.41, 5.74) is 2.38. The van der Waals surface area contributed by atoms with Crippen molar-refractivity contribution >= 4 is 39.1 Å². The molecule has 0 heterocycles. The molecule has 0 aliphatic rings. The minimum Gasteiger partial charge on any atom is -0.350 e. The number of benzene rings is 3. The summed E-state index contributed by atoms with van der Waals surface area (Å²) < 4.78 is 26.7. The van der Waals surface area contributed by atoms with Gasteiger partial charge in [0.25, 0.3) is 0 Å². The summed E-state index contributed by atoms with van der Waals surface area (Å²) in [5.74, 6) is -0.839. The summed E-state index contributed by atoms with van der Waals surface area (Å²) >= 11 is 6.23. The Balaban J connectivity index is 2.07. The van der Waals surface area contributed by atoms with E-state index < -0.39 is 34.1 Å². The second-order valence-electron chi connectivity index (χ2n) is 10.7. The average Bonchev–Trinajstić information content (AvgIpc) is 2.84. The highest BCUT2D eigenvalue weighted by molar-refractivity contribution is 7.92. The van der Waals surface area contributed by atoms with Gasteiger partial charge in [-0.3, -0.25) is 13.9 Å². The van der Waals surface area contributed by atoms with E-state index in [1.165, 1.54) is 4.90 Å². The summed E-state index contributed by atoms with van der Waals surface area (Å²) in [6, 6.07) is 22.5. The maximum Gasteiger partial charge on any atom is 0.244 e. The molecule has 0 aliphatic heterocycles. The smallest absolute Gasteiger partial charge is 0.244 e. The van der Waals surface area contributed by atoms with Crippen LogP contribution in [0.3, 0.4) is 0 Å². The van der Waals surface area contributed by atoms with Crippen LogP contribution in [0.25, 0.3) is 0 Å². The van der Waals surface area contributed by atoms with E-state index in [0.717, 1.165) is 27.3 Å². The number of carbonyl (C=O) groups excluding carboxylic acids is 2. The Labute approximate surface area is 236 Å². The van der Waals surface area contributed by atoms with Gasteiger partial charge in [0.2, 0.25) is 21.8 Å². The predicted molar refractivity (Wildman–Crippen MR) is 157 cm³/mol. The Morgan fingerprint density at radius 1 is 0.923 bits per heavy atom. The summed E-state index contributed by atoms with van der Waals surface area (Å²) in [6.45, 7) is 7.12. The van der Waals surface area contributed by atoms with Crippen LogP contribution in [0.2, 0.25) is 5.02 Å². The molecule has 2 amide bonds. The fourth-order valence-corrected chi connectivity index (χ4v) is 5.23. The van der Waals surface area contributed by atoms with E-state index >= 15 is 0 Å². The number of anilines is 1. The maximum absolute atomic E-state index is 14.0. The standard InChI is InChI=1S/C30H36ClN3O4S/c1-22-14-16-26(17-15-22)34(39(5,37)38)21-28(35)33(20-24-12-9-13-25(31)18-24)27(29(36)32-30(2,3)4)19-23-10-7-6-8-11-23/h6-18,27H,19-21H2,1-5H3,(H,32,36). The molecular weight excluding hydrogens is 534 g/mol. The highest BCUT2D eigenvalue weighted by atomic mass is 35.5. The van der Waals surface area contributed by atoms with Gasteiger partial charge in [-0.25, -0.2) is 8.42 Å². The fraction of sp³-hybridized carbons (Fsp3) is 0.333. The van der Waals surface area contributed by atoms with Crippen LogP contribution in [0.1, 0.15) is 37.5 Å². The number of hydrogen-bond acceptors (Lipinski definition) is 4. The third-order valence-electron chi connectivity index (χ3n) is 6.01. The lowest BCUT2D eigenvalue weighted by molar-refractivity contribution is -0.140. The average molecular weight is 570 g/mol. The molecule has 39 heavy (non-hydrogen) atoms. The first-order valence-corrected chi connectivity index (χ1v) is 14.9. The van der Waals surface area contributed by atoms with Crippen molar-refractivity contribution in [3.8, 4) is 0 Å². The van der Waals surface area contributed by atoms with Crippen molar-refractivity contribution < 1.29 is 18.0 Å². The van der Waals surface area contributed by atoms with E-state index in [0.29, 0.717) is 10.7 Å². The largest absolute Gasteiger partial charge is 0.350 e. The van der Waals surface area contributed by atoms with Gasteiger partial charge in [-0.05, 0) is 63.1 Å². The second-order valence-corrected chi connectivity index (χ2v) is 13.0. The molecule has 0 bridgehead atoms. The van der Waals surface area contributed by atoms with Gasteiger partial charge in [-0.1, -0.05) is 71.8 Å².